The van der Waals surface area contributed by atoms with Crippen molar-refractivity contribution in [3.63, 3.8) is 0 Å². The minimum atomic E-state index is -0.0478. The highest BCUT2D eigenvalue weighted by molar-refractivity contribution is 5.72. The number of esters is 1. The van der Waals surface area contributed by atoms with Crippen LogP contribution in [0.1, 0.15) is 31.2 Å². The number of hydrogen-bond acceptors (Lipinski definition) is 4. The first kappa shape index (κ1) is 14.1. The Hall–Kier alpha value is -1.36. The zero-order valence-electron chi connectivity index (χ0n) is 12.1. The Morgan fingerprint density at radius 1 is 1.58 bits per heavy atom. The third kappa shape index (κ3) is 3.56. The molecule has 1 aliphatic rings. The first-order chi connectivity index (χ1) is 9.10. The van der Waals surface area contributed by atoms with Crippen LogP contribution in [0.15, 0.2) is 6.07 Å². The van der Waals surface area contributed by atoms with Crippen LogP contribution in [0.4, 0.5) is 0 Å². The molecule has 0 N–H and O–H groups in total. The molecule has 0 bridgehead atoms. The van der Waals surface area contributed by atoms with Gasteiger partial charge in [-0.1, -0.05) is 0 Å². The van der Waals surface area contributed by atoms with Crippen molar-refractivity contribution in [2.75, 3.05) is 19.7 Å². The summed E-state index contributed by atoms with van der Waals surface area (Å²) in [5, 5.41) is 4.36. The first-order valence-corrected chi connectivity index (χ1v) is 6.98. The topological polar surface area (TPSA) is 47.4 Å². The monoisotopic (exact) mass is 265 g/mol. The molecule has 1 aromatic rings. The fourth-order valence-corrected chi connectivity index (χ4v) is 2.69. The molecule has 0 unspecified atom stereocenters. The maximum atomic E-state index is 11.8. The van der Waals surface area contributed by atoms with Gasteiger partial charge in [0.15, 0.2) is 0 Å². The van der Waals surface area contributed by atoms with Gasteiger partial charge in [-0.2, -0.15) is 5.10 Å². The largest absolute Gasteiger partial charge is 0.466 e. The zero-order valence-corrected chi connectivity index (χ0v) is 12.1. The Balaban J connectivity index is 1.94. The Labute approximate surface area is 114 Å². The molecule has 106 valence electrons. The molecule has 1 aliphatic heterocycles. The summed E-state index contributed by atoms with van der Waals surface area (Å²) in [6.07, 6.45) is 2.00. The summed E-state index contributed by atoms with van der Waals surface area (Å²) >= 11 is 0. The van der Waals surface area contributed by atoms with Gasteiger partial charge >= 0.3 is 5.97 Å². The molecule has 1 fully saturated rings. The second kappa shape index (κ2) is 6.19. The van der Waals surface area contributed by atoms with Crippen molar-refractivity contribution >= 4 is 5.97 Å². The zero-order chi connectivity index (χ0) is 13.8. The van der Waals surface area contributed by atoms with Crippen LogP contribution in [0, 0.1) is 12.8 Å². The lowest BCUT2D eigenvalue weighted by atomic mass is 9.98. The molecule has 1 saturated heterocycles. The Bertz CT molecular complexity index is 442. The van der Waals surface area contributed by atoms with Gasteiger partial charge in [-0.25, -0.2) is 0 Å². The van der Waals surface area contributed by atoms with Crippen molar-refractivity contribution in [3.8, 4) is 0 Å². The van der Waals surface area contributed by atoms with Gasteiger partial charge in [0.25, 0.3) is 0 Å². The van der Waals surface area contributed by atoms with E-state index in [2.05, 4.69) is 16.1 Å². The van der Waals surface area contributed by atoms with E-state index in [1.165, 1.54) is 5.69 Å². The van der Waals surface area contributed by atoms with E-state index in [4.69, 9.17) is 4.74 Å². The van der Waals surface area contributed by atoms with E-state index >= 15 is 0 Å². The second-order valence-corrected chi connectivity index (χ2v) is 5.23. The van der Waals surface area contributed by atoms with Gasteiger partial charge in [0.2, 0.25) is 0 Å². The minimum Gasteiger partial charge on any atom is -0.466 e. The van der Waals surface area contributed by atoms with Crippen LogP contribution in [-0.2, 0) is 23.1 Å². The first-order valence-electron chi connectivity index (χ1n) is 6.98. The summed E-state index contributed by atoms with van der Waals surface area (Å²) in [5.74, 6) is -0.0172. The third-order valence-electron chi connectivity index (χ3n) is 3.61. The Morgan fingerprint density at radius 2 is 2.37 bits per heavy atom. The van der Waals surface area contributed by atoms with Gasteiger partial charge < -0.3 is 4.74 Å². The summed E-state index contributed by atoms with van der Waals surface area (Å²) in [5.41, 5.74) is 2.23. The van der Waals surface area contributed by atoms with Crippen molar-refractivity contribution in [2.45, 2.75) is 33.2 Å². The number of hydrogen-bond donors (Lipinski definition) is 0. The Morgan fingerprint density at radius 3 is 3.00 bits per heavy atom. The van der Waals surface area contributed by atoms with E-state index in [0.29, 0.717) is 6.61 Å². The van der Waals surface area contributed by atoms with Gasteiger partial charge in [-0.3, -0.25) is 14.4 Å². The van der Waals surface area contributed by atoms with Crippen molar-refractivity contribution in [3.05, 3.63) is 17.5 Å². The lowest BCUT2D eigenvalue weighted by molar-refractivity contribution is -0.150. The standard InChI is InChI=1S/C14H23N3O2/c1-4-19-14(18)12-6-5-7-17(9-12)10-13-8-11(2)15-16(13)3/h8,12H,4-7,9-10H2,1-3H3/t12-/m0/s1. The van der Waals surface area contributed by atoms with E-state index in [0.717, 1.165) is 38.2 Å². The molecule has 0 spiro atoms. The van der Waals surface area contributed by atoms with Crippen LogP contribution in [-0.4, -0.2) is 40.3 Å². The average molecular weight is 265 g/mol. The normalized spacial score (nSPS) is 20.5. The molecule has 5 heteroatoms. The van der Waals surface area contributed by atoms with Crippen LogP contribution in [0.3, 0.4) is 0 Å². The highest BCUT2D eigenvalue weighted by Crippen LogP contribution is 2.20. The van der Waals surface area contributed by atoms with Crippen molar-refractivity contribution in [2.24, 2.45) is 13.0 Å². The lowest BCUT2D eigenvalue weighted by Gasteiger charge is -2.31. The number of nitrogens with zero attached hydrogens (tertiary/aromatic N) is 3. The number of carbonyl (C=O) groups is 1. The SMILES string of the molecule is CCOC(=O)[C@H]1CCCN(Cc2cc(C)nn2C)C1. The van der Waals surface area contributed by atoms with E-state index in [9.17, 15) is 4.79 Å². The fraction of sp³-hybridized carbons (Fsp3) is 0.714. The van der Waals surface area contributed by atoms with Gasteiger partial charge in [0, 0.05) is 20.1 Å². The molecule has 0 radical (unpaired) electrons. The third-order valence-corrected chi connectivity index (χ3v) is 3.61. The molecule has 19 heavy (non-hydrogen) atoms. The van der Waals surface area contributed by atoms with E-state index in [1.54, 1.807) is 0 Å². The number of ether oxygens (including phenoxy) is 1. The van der Waals surface area contributed by atoms with Gasteiger partial charge in [0.1, 0.15) is 0 Å². The Kier molecular flexibility index (Phi) is 4.58. The van der Waals surface area contributed by atoms with Crippen molar-refractivity contribution in [1.82, 2.24) is 14.7 Å². The summed E-state index contributed by atoms with van der Waals surface area (Å²) in [6, 6.07) is 2.11. The van der Waals surface area contributed by atoms with Crippen LogP contribution in [0.2, 0.25) is 0 Å². The van der Waals surface area contributed by atoms with Crippen molar-refractivity contribution < 1.29 is 9.53 Å². The highest BCUT2D eigenvalue weighted by atomic mass is 16.5. The summed E-state index contributed by atoms with van der Waals surface area (Å²) in [4.78, 5) is 14.1. The molecule has 2 heterocycles. The van der Waals surface area contributed by atoms with Crippen LogP contribution in [0.5, 0.6) is 0 Å². The van der Waals surface area contributed by atoms with Gasteiger partial charge in [-0.05, 0) is 39.3 Å². The number of rotatable bonds is 4. The lowest BCUT2D eigenvalue weighted by Crippen LogP contribution is -2.39. The van der Waals surface area contributed by atoms with Crippen LogP contribution < -0.4 is 0 Å². The predicted octanol–water partition coefficient (Wildman–Crippen LogP) is 1.50. The van der Waals surface area contributed by atoms with Gasteiger partial charge in [-0.15, -0.1) is 0 Å². The molecule has 0 amide bonds. The number of piperidine rings is 1. The van der Waals surface area contributed by atoms with E-state index in [-0.39, 0.29) is 11.9 Å². The fourth-order valence-electron chi connectivity index (χ4n) is 2.69. The number of likely N-dealkylation sites (tertiary alicyclic amines) is 1. The van der Waals surface area contributed by atoms with Crippen LogP contribution >= 0.6 is 0 Å². The molecular formula is C14H23N3O2. The molecule has 1 aromatic heterocycles. The molecule has 1 atom stereocenters. The maximum absolute atomic E-state index is 11.8. The average Bonchev–Trinajstić information content (AvgIpc) is 2.68. The highest BCUT2D eigenvalue weighted by Gasteiger charge is 2.27. The smallest absolute Gasteiger partial charge is 0.310 e. The van der Waals surface area contributed by atoms with E-state index < -0.39 is 0 Å². The molecular weight excluding hydrogens is 242 g/mol. The van der Waals surface area contributed by atoms with Crippen LogP contribution in [0.25, 0.3) is 0 Å². The quantitative estimate of drug-likeness (QED) is 0.774. The van der Waals surface area contributed by atoms with E-state index in [1.807, 2.05) is 25.6 Å². The minimum absolute atomic E-state index is 0.0306. The maximum Gasteiger partial charge on any atom is 0.310 e. The van der Waals surface area contributed by atoms with Crippen molar-refractivity contribution in [1.29, 1.82) is 0 Å². The molecule has 0 saturated carbocycles. The predicted molar refractivity (Wildman–Crippen MR) is 72.6 cm³/mol. The van der Waals surface area contributed by atoms with Gasteiger partial charge in [0.05, 0.1) is 23.9 Å². The second-order valence-electron chi connectivity index (χ2n) is 5.23. The molecule has 0 aromatic carbocycles. The molecule has 2 rings (SSSR count). The molecule has 5 nitrogen and oxygen atoms in total. The number of aryl methyl sites for hydroxylation is 2. The summed E-state index contributed by atoms with van der Waals surface area (Å²) in [6.45, 7) is 7.02. The number of aromatic nitrogens is 2. The molecule has 0 aliphatic carbocycles. The summed E-state index contributed by atoms with van der Waals surface area (Å²) in [7, 11) is 1.97. The number of carbonyl (C=O) groups excluding carboxylic acids is 1. The summed E-state index contributed by atoms with van der Waals surface area (Å²) < 4.78 is 7.04.